The molecule has 6 aromatic carbocycles. The van der Waals surface area contributed by atoms with Gasteiger partial charge in [0.25, 0.3) is 0 Å². The van der Waals surface area contributed by atoms with Gasteiger partial charge in [0.1, 0.15) is 24.7 Å². The van der Waals surface area contributed by atoms with Gasteiger partial charge in [-0.05, 0) is 57.6 Å². The molecule has 0 aliphatic rings. The number of hydrogen-bond donors (Lipinski definition) is 0. The van der Waals surface area contributed by atoms with E-state index >= 15 is 0 Å². The van der Waals surface area contributed by atoms with Gasteiger partial charge in [-0.25, -0.2) is 0 Å². The minimum absolute atomic E-state index is 0. The fourth-order valence-corrected chi connectivity index (χ4v) is 4.36. The van der Waals surface area contributed by atoms with Crippen molar-refractivity contribution in [2.75, 3.05) is 0 Å². The van der Waals surface area contributed by atoms with Gasteiger partial charge in [-0.15, -0.1) is 0 Å². The summed E-state index contributed by atoms with van der Waals surface area (Å²) in [6.07, 6.45) is 3.10. The molecule has 0 N–H and O–H groups in total. The van der Waals surface area contributed by atoms with E-state index in [9.17, 15) is 10.2 Å². The van der Waals surface area contributed by atoms with Crippen LogP contribution in [-0.2, 0) is 29.7 Å². The predicted octanol–water partition coefficient (Wildman–Crippen LogP) is 6.81. The Morgan fingerprint density at radius 3 is 1.08 bits per heavy atom. The molecule has 0 aliphatic carbocycles. The molecule has 0 aromatic heterocycles. The zero-order valence-corrected chi connectivity index (χ0v) is 28.5. The molecule has 0 aliphatic heterocycles. The van der Waals surface area contributed by atoms with Crippen molar-refractivity contribution in [3.63, 3.8) is 0 Å². The Morgan fingerprint density at radius 2 is 0.745 bits per heavy atom. The van der Waals surface area contributed by atoms with Crippen LogP contribution >= 0.6 is 0 Å². The summed E-state index contributed by atoms with van der Waals surface area (Å²) in [4.78, 5) is 0. The Morgan fingerprint density at radius 1 is 0.431 bits per heavy atom. The van der Waals surface area contributed by atoms with E-state index in [0.717, 1.165) is 22.3 Å². The van der Waals surface area contributed by atoms with Gasteiger partial charge >= 0.3 is 16.5 Å². The number of hydrogen-bond acceptors (Lipinski definition) is 8. The van der Waals surface area contributed by atoms with Gasteiger partial charge < -0.3 is 19.7 Å². The Hall–Kier alpha value is -6.31. The normalized spacial score (nSPS) is 11.4. The molecule has 0 bridgehead atoms. The van der Waals surface area contributed by atoms with E-state index in [1.54, 1.807) is 61.0 Å². The zero-order chi connectivity index (χ0) is 34.6. The maximum absolute atomic E-state index is 12.0. The van der Waals surface area contributed by atoms with Crippen LogP contribution in [-0.4, -0.2) is 24.2 Å². The van der Waals surface area contributed by atoms with Crippen molar-refractivity contribution in [3.05, 3.63) is 203 Å². The molecule has 0 spiro atoms. The summed E-state index contributed by atoms with van der Waals surface area (Å²) in [5.74, 6) is 0.630. The van der Waals surface area contributed by atoms with Gasteiger partial charge in [0.05, 0.1) is 12.4 Å². The third kappa shape index (κ3) is 13.3. The summed E-state index contributed by atoms with van der Waals surface area (Å²) < 4.78 is 11.4. The fourth-order valence-electron chi connectivity index (χ4n) is 4.36. The van der Waals surface area contributed by atoms with Crippen LogP contribution in [0.3, 0.4) is 0 Å². The quantitative estimate of drug-likeness (QED) is 0.0599. The molecule has 9 heteroatoms. The maximum atomic E-state index is 12.0. The minimum atomic E-state index is -0.387. The third-order valence-corrected chi connectivity index (χ3v) is 7.01. The van der Waals surface area contributed by atoms with Crippen molar-refractivity contribution in [2.45, 2.75) is 13.2 Å². The average Bonchev–Trinajstić information content (AvgIpc) is 3.18. The second-order valence-electron chi connectivity index (χ2n) is 10.7. The Bertz CT molecular complexity index is 1840. The summed E-state index contributed by atoms with van der Waals surface area (Å²) in [6.45, 7) is 0.972. The van der Waals surface area contributed by atoms with Crippen LogP contribution in [0.25, 0.3) is 0 Å². The maximum Gasteiger partial charge on any atom is 2.00 e. The number of benzene rings is 6. The summed E-state index contributed by atoms with van der Waals surface area (Å²) >= 11 is 0. The third-order valence-electron chi connectivity index (χ3n) is 7.01. The van der Waals surface area contributed by atoms with Crippen molar-refractivity contribution in [1.29, 1.82) is 0 Å². The van der Waals surface area contributed by atoms with Crippen LogP contribution in [0.4, 0.5) is 0 Å². The molecule has 0 heterocycles. The molecule has 256 valence electrons. The van der Waals surface area contributed by atoms with Gasteiger partial charge in [-0.2, -0.15) is 20.4 Å². The average molecular weight is 717 g/mol. The summed E-state index contributed by atoms with van der Waals surface area (Å²) in [5.41, 5.74) is 4.91. The SMILES string of the molecule is [Ni+2].[O-]/C(=N\N=C/c1ccccc1)c1ccc(OCc2ccccc2)cc1.[O-]/C(=N\N=C/c1ccccc1)c1ccc(OCc2ccccc2)cc1. The van der Waals surface area contributed by atoms with Crippen molar-refractivity contribution in [1.82, 2.24) is 0 Å². The zero-order valence-electron chi connectivity index (χ0n) is 27.5. The number of nitrogens with zero attached hydrogens (tertiary/aromatic N) is 4. The second-order valence-corrected chi connectivity index (χ2v) is 10.7. The predicted molar refractivity (Wildman–Crippen MR) is 196 cm³/mol. The van der Waals surface area contributed by atoms with Crippen LogP contribution in [0.1, 0.15) is 33.4 Å². The van der Waals surface area contributed by atoms with Crippen LogP contribution in [0.5, 0.6) is 11.5 Å². The van der Waals surface area contributed by atoms with E-state index in [1.165, 1.54) is 0 Å². The molecule has 0 amide bonds. The molecule has 0 fully saturated rings. The monoisotopic (exact) mass is 716 g/mol. The molecular formula is C42H34N4NiO4. The van der Waals surface area contributed by atoms with Crippen molar-refractivity contribution < 1.29 is 36.2 Å². The van der Waals surface area contributed by atoms with Crippen LogP contribution in [0.15, 0.2) is 190 Å². The van der Waals surface area contributed by atoms with Gasteiger partial charge in [0.2, 0.25) is 0 Å². The molecule has 0 atom stereocenters. The van der Waals surface area contributed by atoms with Crippen LogP contribution < -0.4 is 19.7 Å². The van der Waals surface area contributed by atoms with Crippen molar-refractivity contribution in [3.8, 4) is 11.5 Å². The van der Waals surface area contributed by atoms with Gasteiger partial charge in [0, 0.05) is 11.8 Å². The first-order valence-corrected chi connectivity index (χ1v) is 15.8. The molecule has 0 unspecified atom stereocenters. The molecule has 0 saturated heterocycles. The van der Waals surface area contributed by atoms with Crippen LogP contribution in [0.2, 0.25) is 0 Å². The molecule has 6 aromatic rings. The molecule has 0 radical (unpaired) electrons. The van der Waals surface area contributed by atoms with E-state index < -0.39 is 0 Å². The van der Waals surface area contributed by atoms with E-state index in [0.29, 0.717) is 35.8 Å². The molecular weight excluding hydrogens is 683 g/mol. The molecule has 51 heavy (non-hydrogen) atoms. The van der Waals surface area contributed by atoms with Gasteiger partial charge in [-0.3, -0.25) is 0 Å². The van der Waals surface area contributed by atoms with Gasteiger partial charge in [0.15, 0.2) is 0 Å². The number of rotatable bonds is 12. The first kappa shape index (κ1) is 37.5. The molecule has 8 nitrogen and oxygen atoms in total. The number of ether oxygens (including phenoxy) is 2. The molecule has 6 rings (SSSR count). The Labute approximate surface area is 307 Å². The molecule has 0 saturated carbocycles. The minimum Gasteiger partial charge on any atom is -0.857 e. The largest absolute Gasteiger partial charge is 2.00 e. The fraction of sp³-hybridized carbons (Fsp3) is 0.0476. The summed E-state index contributed by atoms with van der Waals surface area (Å²) in [7, 11) is 0. The van der Waals surface area contributed by atoms with E-state index in [1.807, 2.05) is 121 Å². The standard InChI is InChI=1S/2C21H18N2O2.Ni/c2*24-21(23-22-15-17-7-3-1-4-8-17)19-11-13-20(14-12-19)25-16-18-9-5-2-6-10-18;/h2*1-15H,16H2,(H,23,24);/q;;+2/p-2/b2*22-15-;. The topological polar surface area (TPSA) is 114 Å². The van der Waals surface area contributed by atoms with E-state index in [4.69, 9.17) is 9.47 Å². The van der Waals surface area contributed by atoms with E-state index in [2.05, 4.69) is 20.4 Å². The van der Waals surface area contributed by atoms with E-state index in [-0.39, 0.29) is 28.3 Å². The summed E-state index contributed by atoms with van der Waals surface area (Å²) in [5, 5.41) is 39.1. The van der Waals surface area contributed by atoms with Crippen LogP contribution in [0, 0.1) is 0 Å². The van der Waals surface area contributed by atoms with Gasteiger partial charge in [-0.1, -0.05) is 146 Å². The van der Waals surface area contributed by atoms with Crippen molar-refractivity contribution >= 4 is 24.2 Å². The second kappa shape index (κ2) is 20.9. The summed E-state index contributed by atoms with van der Waals surface area (Å²) in [6, 6.07) is 52.6. The van der Waals surface area contributed by atoms with Crippen molar-refractivity contribution in [2.24, 2.45) is 20.4 Å². The Balaban J connectivity index is 0.000000224. The smallest absolute Gasteiger partial charge is 0.857 e. The first-order chi connectivity index (χ1) is 24.6. The Kier molecular flexibility index (Phi) is 15.4. The first-order valence-electron chi connectivity index (χ1n) is 15.8.